The smallest absolute Gasteiger partial charge is 0.410 e. The molecule has 1 unspecified atom stereocenters. The van der Waals surface area contributed by atoms with Crippen molar-refractivity contribution in [3.8, 4) is 22.6 Å². The Morgan fingerprint density at radius 2 is 1.63 bits per heavy atom. The molecule has 0 radical (unpaired) electrons. The lowest BCUT2D eigenvalue weighted by molar-refractivity contribution is -0.386. The fourth-order valence-electron chi connectivity index (χ4n) is 4.91. The van der Waals surface area contributed by atoms with Crippen molar-refractivity contribution in [1.29, 1.82) is 0 Å². The Bertz CT molecular complexity index is 1330. The number of ether oxygens (including phenoxy) is 3. The van der Waals surface area contributed by atoms with Crippen molar-refractivity contribution in [2.75, 3.05) is 20.8 Å². The number of fused-ring (bicyclic) bond motifs is 3. The van der Waals surface area contributed by atoms with E-state index in [-0.39, 0.29) is 42.2 Å². The van der Waals surface area contributed by atoms with E-state index < -0.39 is 29.1 Å². The number of carboxylic acid groups (broad SMARTS) is 1. The summed E-state index contributed by atoms with van der Waals surface area (Å²) in [5, 5.41) is 21.0. The summed E-state index contributed by atoms with van der Waals surface area (Å²) >= 11 is 0. The van der Waals surface area contributed by atoms with Gasteiger partial charge in [0.15, 0.2) is 11.5 Å². The Kier molecular flexibility index (Phi) is 7.80. The number of nitro groups is 1. The van der Waals surface area contributed by atoms with E-state index >= 15 is 0 Å². The Morgan fingerprint density at radius 1 is 1.03 bits per heavy atom. The van der Waals surface area contributed by atoms with Crippen LogP contribution in [0.3, 0.4) is 0 Å². The molecule has 1 aliphatic carbocycles. The zero-order valence-electron chi connectivity index (χ0n) is 21.2. The maximum Gasteiger partial charge on any atom is 0.410 e. The van der Waals surface area contributed by atoms with E-state index in [1.165, 1.54) is 31.3 Å². The SMILES string of the molecule is COC(=O)N(C(C)c1cc(OC)c(OCCCC(=O)O)cc1[N+](=O)[O-])C1c2ccccc2-c2ccccc21. The van der Waals surface area contributed by atoms with Crippen LogP contribution in [-0.2, 0) is 9.53 Å². The van der Waals surface area contributed by atoms with Gasteiger partial charge in [-0.25, -0.2) is 4.79 Å². The average molecular weight is 521 g/mol. The molecule has 10 heteroatoms. The highest BCUT2D eigenvalue weighted by Gasteiger charge is 2.40. The second-order valence-corrected chi connectivity index (χ2v) is 8.80. The van der Waals surface area contributed by atoms with Crippen molar-refractivity contribution in [3.05, 3.63) is 87.5 Å². The van der Waals surface area contributed by atoms with Crippen LogP contribution in [0.15, 0.2) is 60.7 Å². The molecule has 0 aromatic heterocycles. The van der Waals surface area contributed by atoms with Gasteiger partial charge in [-0.15, -0.1) is 0 Å². The van der Waals surface area contributed by atoms with Crippen molar-refractivity contribution in [2.45, 2.75) is 31.8 Å². The number of hydrogen-bond donors (Lipinski definition) is 1. The van der Waals surface area contributed by atoms with Crippen molar-refractivity contribution >= 4 is 17.7 Å². The van der Waals surface area contributed by atoms with Gasteiger partial charge in [0.25, 0.3) is 5.69 Å². The summed E-state index contributed by atoms with van der Waals surface area (Å²) in [5.74, 6) is -0.625. The molecule has 3 aromatic carbocycles. The quantitative estimate of drug-likeness (QED) is 0.203. The highest BCUT2D eigenvalue weighted by atomic mass is 16.6. The van der Waals surface area contributed by atoms with Crippen LogP contribution in [0, 0.1) is 10.1 Å². The molecule has 1 N–H and O–H groups in total. The van der Waals surface area contributed by atoms with Crippen LogP contribution in [-0.4, -0.2) is 47.8 Å². The Hall–Kier alpha value is -4.60. The summed E-state index contributed by atoms with van der Waals surface area (Å²) in [6, 6.07) is 16.9. The van der Waals surface area contributed by atoms with E-state index in [4.69, 9.17) is 19.3 Å². The van der Waals surface area contributed by atoms with E-state index in [1.54, 1.807) is 6.92 Å². The third-order valence-electron chi connectivity index (χ3n) is 6.63. The third-order valence-corrected chi connectivity index (χ3v) is 6.63. The zero-order chi connectivity index (χ0) is 27.4. The summed E-state index contributed by atoms with van der Waals surface area (Å²) in [6.07, 6.45) is -0.518. The molecule has 0 saturated heterocycles. The third kappa shape index (κ3) is 4.97. The lowest BCUT2D eigenvalue weighted by Gasteiger charge is -2.34. The largest absolute Gasteiger partial charge is 0.493 e. The first kappa shape index (κ1) is 26.5. The summed E-state index contributed by atoms with van der Waals surface area (Å²) < 4.78 is 16.3. The fourth-order valence-corrected chi connectivity index (χ4v) is 4.91. The number of benzene rings is 3. The number of carbonyl (C=O) groups is 2. The molecule has 198 valence electrons. The lowest BCUT2D eigenvalue weighted by atomic mass is 9.97. The summed E-state index contributed by atoms with van der Waals surface area (Å²) in [4.78, 5) is 37.2. The van der Waals surface area contributed by atoms with Gasteiger partial charge in [-0.1, -0.05) is 48.5 Å². The topological polar surface area (TPSA) is 128 Å². The highest BCUT2D eigenvalue weighted by molar-refractivity contribution is 5.81. The molecule has 0 spiro atoms. The van der Waals surface area contributed by atoms with Crippen LogP contribution in [0.5, 0.6) is 11.5 Å². The Balaban J connectivity index is 1.79. The van der Waals surface area contributed by atoms with E-state index in [0.29, 0.717) is 0 Å². The second-order valence-electron chi connectivity index (χ2n) is 8.80. The molecule has 3 aromatic rings. The molecule has 1 aliphatic rings. The summed E-state index contributed by atoms with van der Waals surface area (Å²) in [5.41, 5.74) is 3.70. The number of methoxy groups -OCH3 is 2. The van der Waals surface area contributed by atoms with Crippen molar-refractivity contribution in [1.82, 2.24) is 4.90 Å². The minimum atomic E-state index is -0.964. The van der Waals surface area contributed by atoms with Crippen LogP contribution >= 0.6 is 0 Å². The standard InChI is InChI=1S/C28H28N2O8/c1-17(22-15-24(36-2)25(16-23(22)30(34)35)38-14-8-13-26(31)32)29(28(33)37-3)27-20-11-6-4-9-18(20)19-10-5-7-12-21(19)27/h4-7,9-12,15-17,27H,8,13-14H2,1-3H3,(H,31,32). The molecular formula is C28H28N2O8. The molecule has 1 atom stereocenters. The first-order valence-corrected chi connectivity index (χ1v) is 12.0. The number of carboxylic acids is 1. The van der Waals surface area contributed by atoms with Gasteiger partial charge >= 0.3 is 12.1 Å². The Labute approximate surface area is 219 Å². The van der Waals surface area contributed by atoms with E-state index in [2.05, 4.69) is 0 Å². The maximum absolute atomic E-state index is 13.3. The number of aliphatic carboxylic acids is 1. The average Bonchev–Trinajstić information content (AvgIpc) is 3.24. The van der Waals surface area contributed by atoms with Crippen molar-refractivity contribution in [3.63, 3.8) is 0 Å². The molecule has 1 amide bonds. The van der Waals surface area contributed by atoms with E-state index in [0.717, 1.165) is 22.3 Å². The first-order valence-electron chi connectivity index (χ1n) is 12.0. The predicted octanol–water partition coefficient (Wildman–Crippen LogP) is 5.75. The molecule has 0 saturated carbocycles. The first-order chi connectivity index (χ1) is 18.3. The Morgan fingerprint density at radius 3 is 2.16 bits per heavy atom. The summed E-state index contributed by atoms with van der Waals surface area (Å²) in [7, 11) is 2.68. The molecule has 38 heavy (non-hydrogen) atoms. The second kappa shape index (κ2) is 11.2. The molecule has 10 nitrogen and oxygen atoms in total. The number of carbonyl (C=O) groups excluding carboxylic acids is 1. The van der Waals surface area contributed by atoms with Crippen molar-refractivity contribution < 1.29 is 33.8 Å². The number of rotatable bonds is 10. The van der Waals surface area contributed by atoms with Gasteiger partial charge in [0.05, 0.1) is 49.5 Å². The molecule has 0 fully saturated rings. The fraction of sp³-hybridized carbons (Fsp3) is 0.286. The van der Waals surface area contributed by atoms with Gasteiger partial charge in [0.1, 0.15) is 0 Å². The lowest BCUT2D eigenvalue weighted by Crippen LogP contribution is -2.37. The zero-order valence-corrected chi connectivity index (χ0v) is 21.2. The number of amides is 1. The van der Waals surface area contributed by atoms with Crippen LogP contribution < -0.4 is 9.47 Å². The van der Waals surface area contributed by atoms with Gasteiger partial charge in [-0.05, 0) is 41.7 Å². The van der Waals surface area contributed by atoms with Gasteiger partial charge in [-0.2, -0.15) is 0 Å². The molecule has 0 bridgehead atoms. The molecule has 0 aliphatic heterocycles. The van der Waals surface area contributed by atoms with E-state index in [9.17, 15) is 19.7 Å². The predicted molar refractivity (Wildman–Crippen MR) is 138 cm³/mol. The number of nitrogens with zero attached hydrogens (tertiary/aromatic N) is 2. The molecule has 4 rings (SSSR count). The van der Waals surface area contributed by atoms with E-state index in [1.807, 2.05) is 48.5 Å². The van der Waals surface area contributed by atoms with Gasteiger partial charge in [0, 0.05) is 6.42 Å². The number of nitro benzene ring substituents is 1. The van der Waals surface area contributed by atoms with Crippen molar-refractivity contribution in [2.24, 2.45) is 0 Å². The molecular weight excluding hydrogens is 492 g/mol. The summed E-state index contributed by atoms with van der Waals surface area (Å²) in [6.45, 7) is 1.74. The van der Waals surface area contributed by atoms with Crippen LogP contribution in [0.1, 0.15) is 48.5 Å². The van der Waals surface area contributed by atoms with Gasteiger partial charge in [-0.3, -0.25) is 19.8 Å². The molecule has 0 heterocycles. The monoisotopic (exact) mass is 520 g/mol. The van der Waals surface area contributed by atoms with Crippen LogP contribution in [0.2, 0.25) is 0 Å². The number of hydrogen-bond acceptors (Lipinski definition) is 7. The van der Waals surface area contributed by atoms with Gasteiger partial charge in [0.2, 0.25) is 0 Å². The van der Waals surface area contributed by atoms with Crippen LogP contribution in [0.4, 0.5) is 10.5 Å². The minimum absolute atomic E-state index is 0.0403. The van der Waals surface area contributed by atoms with Gasteiger partial charge < -0.3 is 19.3 Å². The minimum Gasteiger partial charge on any atom is -0.493 e. The highest BCUT2D eigenvalue weighted by Crippen LogP contribution is 2.50. The normalized spacial score (nSPS) is 12.7. The maximum atomic E-state index is 13.3. The van der Waals surface area contributed by atoms with Crippen LogP contribution in [0.25, 0.3) is 11.1 Å².